The van der Waals surface area contributed by atoms with Crippen molar-refractivity contribution in [3.8, 4) is 145 Å². The van der Waals surface area contributed by atoms with Crippen molar-refractivity contribution >= 4 is 86.6 Å². The fourth-order valence-corrected chi connectivity index (χ4v) is 27.4. The topological polar surface area (TPSA) is 38.7 Å². The fourth-order valence-electron chi connectivity index (χ4n) is 27.4. The van der Waals surface area contributed by atoms with E-state index in [1.54, 1.807) is 0 Å². The number of para-hydroxylation sites is 3. The van der Waals surface area contributed by atoms with Gasteiger partial charge in [-0.05, 0) is 258 Å². The Morgan fingerprint density at radius 3 is 0.752 bits per heavy atom. The zero-order chi connectivity index (χ0) is 97.7. The van der Waals surface area contributed by atoms with Crippen molar-refractivity contribution in [1.29, 1.82) is 0 Å². The van der Waals surface area contributed by atoms with Crippen LogP contribution in [0.1, 0.15) is 66.8 Å². The van der Waals surface area contributed by atoms with Gasteiger partial charge in [-0.25, -0.2) is 15.0 Å². The summed E-state index contributed by atoms with van der Waals surface area (Å²) in [6.45, 7) is 0. The van der Waals surface area contributed by atoms with Crippen LogP contribution in [0.4, 0.5) is 0 Å². The van der Waals surface area contributed by atoms with Crippen LogP contribution >= 0.6 is 0 Å². The van der Waals surface area contributed by atoms with E-state index in [1.165, 1.54) is 248 Å². The molecule has 0 unspecified atom stereocenters. The summed E-state index contributed by atoms with van der Waals surface area (Å²) < 4.78 is 0. The Balaban J connectivity index is 0.000000101. The predicted molar refractivity (Wildman–Crippen MR) is 620 cm³/mol. The van der Waals surface area contributed by atoms with Crippen LogP contribution in [0.3, 0.4) is 0 Å². The second-order valence-electron chi connectivity index (χ2n) is 40.6. The zero-order valence-electron chi connectivity index (χ0n) is 81.2. The second kappa shape index (κ2) is 32.9. The Morgan fingerprint density at radius 1 is 0.121 bits per heavy atom. The highest BCUT2D eigenvalue weighted by molar-refractivity contribution is 6.23. The van der Waals surface area contributed by atoms with Gasteiger partial charge in [-0.15, -0.1) is 0 Å². The van der Waals surface area contributed by atoms with Crippen LogP contribution in [0, 0.1) is 0 Å². The molecule has 3 heteroatoms. The number of hydrogen-bond acceptors (Lipinski definition) is 3. The summed E-state index contributed by atoms with van der Waals surface area (Å²) in [6.07, 6.45) is 0. The minimum absolute atomic E-state index is 0.400. The van der Waals surface area contributed by atoms with Crippen LogP contribution in [0.2, 0.25) is 0 Å². The Kier molecular flexibility index (Phi) is 18.6. The second-order valence-corrected chi connectivity index (χ2v) is 40.6. The zero-order valence-corrected chi connectivity index (χ0v) is 81.2. The number of hydrogen-bond donors (Lipinski definition) is 0. The quantitative estimate of drug-likeness (QED) is 0.149. The lowest BCUT2D eigenvalue weighted by atomic mass is 9.70. The lowest BCUT2D eigenvalue weighted by molar-refractivity contribution is 0.794. The maximum Gasteiger partial charge on any atom is 0.0794 e. The predicted octanol–water partition coefficient (Wildman–Crippen LogP) is 37.2. The number of benzene rings is 24. The minimum Gasteiger partial charge on any atom is -0.247 e. The third-order valence-electron chi connectivity index (χ3n) is 33.4. The van der Waals surface area contributed by atoms with E-state index >= 15 is 0 Å². The Hall–Kier alpha value is -19.2. The molecule has 6 aliphatic carbocycles. The molecule has 0 bridgehead atoms. The maximum absolute atomic E-state index is 5.52. The van der Waals surface area contributed by atoms with E-state index < -0.39 is 16.2 Å². The van der Waals surface area contributed by atoms with E-state index in [9.17, 15) is 0 Å². The third-order valence-corrected chi connectivity index (χ3v) is 33.4. The van der Waals surface area contributed by atoms with E-state index in [0.29, 0.717) is 0 Å². The van der Waals surface area contributed by atoms with Gasteiger partial charge in [-0.1, -0.05) is 497 Å². The molecule has 0 saturated carbocycles. The van der Waals surface area contributed by atoms with Crippen molar-refractivity contribution in [2.24, 2.45) is 0 Å². The number of fused-ring (bicyclic) bond motifs is 44. The molecule has 0 atom stereocenters. The molecular weight excluding hydrogens is 1800 g/mol. The van der Waals surface area contributed by atoms with Crippen LogP contribution in [-0.2, 0) is 16.2 Å². The Morgan fingerprint density at radius 2 is 0.362 bits per heavy atom. The van der Waals surface area contributed by atoms with Crippen molar-refractivity contribution in [2.45, 2.75) is 16.2 Å². The van der Waals surface area contributed by atoms with Crippen molar-refractivity contribution in [1.82, 2.24) is 15.0 Å². The molecule has 688 valence electrons. The Labute approximate surface area is 863 Å². The van der Waals surface area contributed by atoms with Crippen molar-refractivity contribution in [2.75, 3.05) is 0 Å². The molecule has 0 N–H and O–H groups in total. The molecule has 3 heterocycles. The standard InChI is InChI=1S/C50H31N.2C48H29N/c1-2-13-32(14-3-1)33-25-27-34(28-26-33)35-15-12-16-36(31-35)49-48-40(39-19-7-11-24-46(39)51-49)29-30-45-47(48)41-20-6-10-23-44(41)50(45)42-21-8-4-17-37(42)38-18-5-9-22-43(38)50;1-2-17-33-30(13-1)14-12-22-34(33)31-15-11-16-32(29-31)47-46-38(37-20-6-10-26-44(37)49-47)27-28-43-45(46)39-21-5-9-25-42(39)48(43)40-23-7-3-18-35(40)36-19-4-8-24-41(36)48;1-2-13-31-28-33(25-24-30(31)12-1)32-14-11-15-34(29-32)47-46-38(37-18-6-10-23-44(37)49-47)26-27-43-45(46)39-19-5-9-22-42(39)48(43)40-20-7-3-16-35(40)36-17-4-8-21-41(36)48/h1-31H;2*1-29H. The van der Waals surface area contributed by atoms with Gasteiger partial charge in [0.2, 0.25) is 0 Å². The number of rotatable bonds is 7. The molecule has 33 rings (SSSR count). The molecule has 3 nitrogen and oxygen atoms in total. The molecule has 27 aromatic rings. The highest BCUT2D eigenvalue weighted by Gasteiger charge is 2.56. The van der Waals surface area contributed by atoms with E-state index in [1.807, 2.05) is 0 Å². The first-order valence-corrected chi connectivity index (χ1v) is 51.8. The number of pyridine rings is 3. The van der Waals surface area contributed by atoms with Gasteiger partial charge in [0.1, 0.15) is 0 Å². The van der Waals surface area contributed by atoms with Gasteiger partial charge in [0, 0.05) is 49.0 Å². The normalized spacial score (nSPS) is 13.4. The summed E-state index contributed by atoms with van der Waals surface area (Å²) >= 11 is 0. The molecule has 6 aliphatic rings. The van der Waals surface area contributed by atoms with Gasteiger partial charge in [0.05, 0.1) is 49.9 Å². The monoisotopic (exact) mass is 1880 g/mol. The molecule has 0 saturated heterocycles. The molecule has 0 fully saturated rings. The molecule has 3 aromatic heterocycles. The third kappa shape index (κ3) is 12.2. The first-order chi connectivity index (χ1) is 73.9. The Bertz CT molecular complexity index is 10200. The highest BCUT2D eigenvalue weighted by atomic mass is 14.7. The van der Waals surface area contributed by atoms with Crippen LogP contribution in [0.15, 0.2) is 540 Å². The summed E-state index contributed by atoms with van der Waals surface area (Å²) in [7, 11) is 0. The summed E-state index contributed by atoms with van der Waals surface area (Å²) in [5.74, 6) is 0. The lowest BCUT2D eigenvalue weighted by Gasteiger charge is -2.30. The summed E-state index contributed by atoms with van der Waals surface area (Å²) in [6, 6.07) is 199. The van der Waals surface area contributed by atoms with E-state index in [4.69, 9.17) is 15.0 Å². The number of aromatic nitrogens is 3. The highest BCUT2D eigenvalue weighted by Crippen LogP contribution is 2.69. The van der Waals surface area contributed by atoms with Crippen molar-refractivity contribution in [3.63, 3.8) is 0 Å². The summed E-state index contributed by atoms with van der Waals surface area (Å²) in [5, 5.41) is 15.9. The van der Waals surface area contributed by atoms with Crippen LogP contribution in [0.5, 0.6) is 0 Å². The fraction of sp³-hybridized carbons (Fsp3) is 0.0205. The SMILES string of the molecule is c1cc(-c2ccc3ccccc3c2)cc(-c2nc3ccccc3c3ccc4c(c23)-c2ccccc2C42c3ccccc3-c3ccccc32)c1.c1cc(-c2cccc3ccccc23)cc(-c2nc3ccccc3c3ccc4c(c23)-c2ccccc2C42c3ccccc3-c3ccccc32)c1.c1ccc(-c2ccc(-c3cccc(-c4nc5ccccc5c5ccc6c(c45)-c4ccccc4C64c5ccccc5-c5ccccc54)c3)cc2)cc1. The maximum atomic E-state index is 5.52. The minimum atomic E-state index is -0.404. The summed E-state index contributed by atoms with van der Waals surface area (Å²) in [4.78, 5) is 16.6. The first-order valence-electron chi connectivity index (χ1n) is 51.8. The molecule has 3 spiro atoms. The van der Waals surface area contributed by atoms with Gasteiger partial charge in [-0.3, -0.25) is 0 Å². The molecule has 0 aliphatic heterocycles. The van der Waals surface area contributed by atoms with E-state index in [0.717, 1.165) is 50.3 Å². The van der Waals surface area contributed by atoms with Crippen molar-refractivity contribution < 1.29 is 0 Å². The van der Waals surface area contributed by atoms with Gasteiger partial charge in [0.15, 0.2) is 0 Å². The average molecular weight is 1890 g/mol. The molecule has 24 aromatic carbocycles. The van der Waals surface area contributed by atoms with E-state index in [2.05, 4.69) is 540 Å². The first kappa shape index (κ1) is 84.3. The smallest absolute Gasteiger partial charge is 0.0794 e. The van der Waals surface area contributed by atoms with Crippen LogP contribution in [0.25, 0.3) is 232 Å². The van der Waals surface area contributed by atoms with Gasteiger partial charge < -0.3 is 0 Å². The molecule has 0 radical (unpaired) electrons. The van der Waals surface area contributed by atoms with Gasteiger partial charge in [0.25, 0.3) is 0 Å². The number of nitrogens with zero attached hydrogens (tertiary/aromatic N) is 3. The lowest BCUT2D eigenvalue weighted by Crippen LogP contribution is -2.25. The summed E-state index contributed by atoms with van der Waals surface area (Å²) in [5.41, 5.74) is 49.8. The van der Waals surface area contributed by atoms with E-state index in [-0.39, 0.29) is 0 Å². The van der Waals surface area contributed by atoms with Crippen LogP contribution in [-0.4, -0.2) is 15.0 Å². The average Bonchev–Trinajstić information content (AvgIpc) is 1.51. The van der Waals surface area contributed by atoms with Crippen LogP contribution < -0.4 is 0 Å². The molecule has 0 amide bonds. The van der Waals surface area contributed by atoms with Crippen molar-refractivity contribution in [3.05, 3.63) is 607 Å². The molecular formula is C146H89N3. The molecule has 149 heavy (non-hydrogen) atoms. The van der Waals surface area contributed by atoms with Gasteiger partial charge >= 0.3 is 0 Å². The van der Waals surface area contributed by atoms with Gasteiger partial charge in [-0.2, -0.15) is 0 Å². The largest absolute Gasteiger partial charge is 0.247 e.